The third-order valence-corrected chi connectivity index (χ3v) is 4.70. The van der Waals surface area contributed by atoms with E-state index in [2.05, 4.69) is 16.9 Å². The molecule has 3 atom stereocenters. The second-order valence-electron chi connectivity index (χ2n) is 5.52. The number of hydrogen-bond donors (Lipinski definition) is 1. The predicted octanol–water partition coefficient (Wildman–Crippen LogP) is 2.33. The summed E-state index contributed by atoms with van der Waals surface area (Å²) in [5.74, 6) is -0.145. The van der Waals surface area contributed by atoms with Gasteiger partial charge in [-0.25, -0.2) is 0 Å². The van der Waals surface area contributed by atoms with Crippen molar-refractivity contribution in [1.29, 1.82) is 0 Å². The third-order valence-electron chi connectivity index (χ3n) is 3.76. The van der Waals surface area contributed by atoms with E-state index < -0.39 is 0 Å². The van der Waals surface area contributed by atoms with Crippen LogP contribution in [0.1, 0.15) is 25.5 Å². The molecule has 1 aliphatic heterocycles. The number of carbonyl (C=O) groups excluding carboxylic acids is 2. The van der Waals surface area contributed by atoms with Crippen LogP contribution in [0.5, 0.6) is 0 Å². The molecule has 2 heterocycles. The van der Waals surface area contributed by atoms with Gasteiger partial charge in [-0.15, -0.1) is 0 Å². The number of rotatable bonds is 7. The summed E-state index contributed by atoms with van der Waals surface area (Å²) in [6.45, 7) is 5.30. The topological polar surface area (TPSA) is 68.3 Å². The Bertz CT molecular complexity index is 550. The average Bonchev–Trinajstić information content (AvgIpc) is 2.93. The molecule has 0 saturated carbocycles. The Balaban J connectivity index is 1.98. The minimum atomic E-state index is -0.379. The van der Waals surface area contributed by atoms with Crippen molar-refractivity contribution in [3.63, 3.8) is 0 Å². The van der Waals surface area contributed by atoms with E-state index in [0.717, 1.165) is 25.0 Å². The summed E-state index contributed by atoms with van der Waals surface area (Å²) in [4.78, 5) is 27.9. The fourth-order valence-electron chi connectivity index (χ4n) is 2.75. The zero-order chi connectivity index (χ0) is 16.7. The lowest BCUT2D eigenvalue weighted by Gasteiger charge is -2.17. The molecule has 124 valence electrons. The SMILES string of the molecule is C=CCOC(=O)C1NC(SC(C)=O)CC1CCc1ccccn1. The zero-order valence-electron chi connectivity index (χ0n) is 13.2. The van der Waals surface area contributed by atoms with Crippen molar-refractivity contribution >= 4 is 22.8 Å². The van der Waals surface area contributed by atoms with E-state index in [0.29, 0.717) is 0 Å². The molecular formula is C17H22N2O3S. The Morgan fingerprint density at radius 3 is 3.00 bits per heavy atom. The second kappa shape index (κ2) is 8.84. The Kier molecular flexibility index (Phi) is 6.80. The molecule has 2 rings (SSSR count). The van der Waals surface area contributed by atoms with Crippen LogP contribution in [-0.2, 0) is 20.7 Å². The van der Waals surface area contributed by atoms with Crippen LogP contribution in [0.2, 0.25) is 0 Å². The summed E-state index contributed by atoms with van der Waals surface area (Å²) in [6.07, 6.45) is 5.72. The number of pyridine rings is 1. The van der Waals surface area contributed by atoms with Crippen LogP contribution in [0, 0.1) is 5.92 Å². The number of thioether (sulfide) groups is 1. The first-order valence-electron chi connectivity index (χ1n) is 7.71. The van der Waals surface area contributed by atoms with Gasteiger partial charge in [0.1, 0.15) is 12.6 Å². The van der Waals surface area contributed by atoms with E-state index in [9.17, 15) is 9.59 Å². The smallest absolute Gasteiger partial charge is 0.323 e. The Labute approximate surface area is 140 Å². The van der Waals surface area contributed by atoms with Gasteiger partial charge >= 0.3 is 5.97 Å². The predicted molar refractivity (Wildman–Crippen MR) is 90.8 cm³/mol. The number of nitrogens with zero attached hydrogens (tertiary/aromatic N) is 1. The highest BCUT2D eigenvalue weighted by Crippen LogP contribution is 2.31. The van der Waals surface area contributed by atoms with Gasteiger partial charge in [0.25, 0.3) is 0 Å². The van der Waals surface area contributed by atoms with Crippen LogP contribution in [0.4, 0.5) is 0 Å². The molecule has 0 bridgehead atoms. The van der Waals surface area contributed by atoms with Crippen LogP contribution in [-0.4, -0.2) is 34.1 Å². The molecule has 0 aromatic carbocycles. The molecule has 1 fully saturated rings. The number of nitrogens with one attached hydrogen (secondary N) is 1. The van der Waals surface area contributed by atoms with Gasteiger partial charge in [-0.2, -0.15) is 0 Å². The fourth-order valence-corrected chi connectivity index (χ4v) is 3.71. The zero-order valence-corrected chi connectivity index (χ0v) is 14.1. The Hall–Kier alpha value is -1.66. The molecule has 3 unspecified atom stereocenters. The molecule has 5 nitrogen and oxygen atoms in total. The normalized spacial score (nSPS) is 23.4. The van der Waals surface area contributed by atoms with Crippen molar-refractivity contribution < 1.29 is 14.3 Å². The molecule has 0 aliphatic carbocycles. The summed E-state index contributed by atoms with van der Waals surface area (Å²) in [7, 11) is 0. The van der Waals surface area contributed by atoms with E-state index >= 15 is 0 Å². The number of aryl methyl sites for hydroxylation is 1. The number of aromatic nitrogens is 1. The largest absolute Gasteiger partial charge is 0.460 e. The van der Waals surface area contributed by atoms with Gasteiger partial charge in [-0.3, -0.25) is 19.9 Å². The van der Waals surface area contributed by atoms with E-state index in [1.807, 2.05) is 18.2 Å². The minimum Gasteiger partial charge on any atom is -0.460 e. The number of carbonyl (C=O) groups is 2. The van der Waals surface area contributed by atoms with Gasteiger partial charge in [0.2, 0.25) is 0 Å². The summed E-state index contributed by atoms with van der Waals surface area (Å²) in [5.41, 5.74) is 1.01. The quantitative estimate of drug-likeness (QED) is 0.610. The summed E-state index contributed by atoms with van der Waals surface area (Å²) >= 11 is 1.24. The highest BCUT2D eigenvalue weighted by atomic mass is 32.2. The third kappa shape index (κ3) is 5.48. The summed E-state index contributed by atoms with van der Waals surface area (Å²) in [6, 6.07) is 5.44. The summed E-state index contributed by atoms with van der Waals surface area (Å²) < 4.78 is 5.18. The second-order valence-corrected chi connectivity index (χ2v) is 6.90. The average molecular weight is 334 g/mol. The van der Waals surface area contributed by atoms with Crippen molar-refractivity contribution in [1.82, 2.24) is 10.3 Å². The number of ether oxygens (including phenoxy) is 1. The Morgan fingerprint density at radius 1 is 1.52 bits per heavy atom. The van der Waals surface area contributed by atoms with Crippen molar-refractivity contribution in [3.05, 3.63) is 42.7 Å². The lowest BCUT2D eigenvalue weighted by molar-refractivity contribution is -0.145. The molecule has 1 N–H and O–H groups in total. The molecule has 23 heavy (non-hydrogen) atoms. The van der Waals surface area contributed by atoms with E-state index in [1.54, 1.807) is 19.2 Å². The van der Waals surface area contributed by atoms with E-state index in [1.165, 1.54) is 11.8 Å². The van der Waals surface area contributed by atoms with Gasteiger partial charge in [0, 0.05) is 18.8 Å². The molecule has 0 spiro atoms. The minimum absolute atomic E-state index is 0.0393. The van der Waals surface area contributed by atoms with Crippen molar-refractivity contribution in [2.24, 2.45) is 5.92 Å². The Morgan fingerprint density at radius 2 is 2.35 bits per heavy atom. The van der Waals surface area contributed by atoms with Crippen LogP contribution in [0.25, 0.3) is 0 Å². The van der Waals surface area contributed by atoms with Crippen LogP contribution in [0.15, 0.2) is 37.1 Å². The monoisotopic (exact) mass is 334 g/mol. The van der Waals surface area contributed by atoms with Gasteiger partial charge in [-0.1, -0.05) is 30.5 Å². The molecular weight excluding hydrogens is 312 g/mol. The molecule has 1 aromatic rings. The first-order chi connectivity index (χ1) is 11.1. The maximum atomic E-state index is 12.2. The van der Waals surface area contributed by atoms with Crippen molar-refractivity contribution in [3.8, 4) is 0 Å². The van der Waals surface area contributed by atoms with E-state index in [4.69, 9.17) is 4.74 Å². The highest BCUT2D eigenvalue weighted by Gasteiger charge is 2.39. The van der Waals surface area contributed by atoms with Gasteiger partial charge < -0.3 is 4.74 Å². The lowest BCUT2D eigenvalue weighted by Crippen LogP contribution is -2.39. The first kappa shape index (κ1) is 17.7. The fraction of sp³-hybridized carbons (Fsp3) is 0.471. The van der Waals surface area contributed by atoms with Crippen LogP contribution in [0.3, 0.4) is 0 Å². The van der Waals surface area contributed by atoms with Gasteiger partial charge in [-0.05, 0) is 37.3 Å². The van der Waals surface area contributed by atoms with E-state index in [-0.39, 0.29) is 35.0 Å². The molecule has 1 saturated heterocycles. The van der Waals surface area contributed by atoms with Gasteiger partial charge in [0.15, 0.2) is 5.12 Å². The number of hydrogen-bond acceptors (Lipinski definition) is 6. The maximum absolute atomic E-state index is 12.2. The first-order valence-corrected chi connectivity index (χ1v) is 8.59. The van der Waals surface area contributed by atoms with Crippen LogP contribution >= 0.6 is 11.8 Å². The molecule has 0 radical (unpaired) electrons. The van der Waals surface area contributed by atoms with Crippen LogP contribution < -0.4 is 5.32 Å². The number of esters is 1. The highest BCUT2D eigenvalue weighted by molar-refractivity contribution is 8.14. The lowest BCUT2D eigenvalue weighted by atomic mass is 9.94. The summed E-state index contributed by atoms with van der Waals surface area (Å²) in [5, 5.41) is 3.24. The van der Waals surface area contributed by atoms with Gasteiger partial charge in [0.05, 0.1) is 5.37 Å². The molecule has 0 amide bonds. The standard InChI is InChI=1S/C17H22N2O3S/c1-3-10-22-17(21)16-13(11-15(19-16)23-12(2)20)7-8-14-6-4-5-9-18-14/h3-6,9,13,15-16,19H,1,7-8,10-11H2,2H3. The van der Waals surface area contributed by atoms with Crippen molar-refractivity contribution in [2.45, 2.75) is 37.6 Å². The molecule has 1 aromatic heterocycles. The molecule has 1 aliphatic rings. The van der Waals surface area contributed by atoms with Crippen molar-refractivity contribution in [2.75, 3.05) is 6.61 Å². The maximum Gasteiger partial charge on any atom is 0.323 e. The molecule has 6 heteroatoms.